The zero-order valence-corrected chi connectivity index (χ0v) is 9.59. The van der Waals surface area contributed by atoms with Crippen LogP contribution in [0.25, 0.3) is 0 Å². The molecule has 4 nitrogen and oxygen atoms in total. The van der Waals surface area contributed by atoms with Crippen LogP contribution < -0.4 is 11.5 Å². The normalized spacial score (nSPS) is 9.24. The third kappa shape index (κ3) is 4.34. The maximum atomic E-state index is 9.02. The quantitative estimate of drug-likeness (QED) is 0.524. The summed E-state index contributed by atoms with van der Waals surface area (Å²) in [5.74, 6) is 0.472. The Labute approximate surface area is 100 Å². The van der Waals surface area contributed by atoms with Crippen LogP contribution in [0.5, 0.6) is 11.5 Å². The van der Waals surface area contributed by atoms with Gasteiger partial charge in [-0.2, -0.15) is 0 Å². The van der Waals surface area contributed by atoms with Crippen LogP contribution >= 0.6 is 0 Å². The van der Waals surface area contributed by atoms with Crippen LogP contribution in [0.1, 0.15) is 5.56 Å². The molecule has 0 unspecified atom stereocenters. The summed E-state index contributed by atoms with van der Waals surface area (Å²) >= 11 is 0. The minimum Gasteiger partial charge on any atom is -0.508 e. The topological polar surface area (TPSA) is 92.5 Å². The van der Waals surface area contributed by atoms with Gasteiger partial charge in [0.25, 0.3) is 0 Å². The summed E-state index contributed by atoms with van der Waals surface area (Å²) in [6, 6.07) is 11.6. The van der Waals surface area contributed by atoms with Crippen molar-refractivity contribution in [1.29, 1.82) is 0 Å². The van der Waals surface area contributed by atoms with E-state index in [0.717, 1.165) is 5.56 Å². The third-order valence-corrected chi connectivity index (χ3v) is 2.10. The number of benzene rings is 2. The molecule has 0 aliphatic rings. The van der Waals surface area contributed by atoms with Crippen LogP contribution in [0.15, 0.2) is 42.5 Å². The van der Waals surface area contributed by atoms with Gasteiger partial charge in [0.05, 0.1) is 0 Å². The summed E-state index contributed by atoms with van der Waals surface area (Å²) in [6.45, 7) is 1.83. The first-order chi connectivity index (χ1) is 7.99. The fraction of sp³-hybridized carbons (Fsp3) is 0.0769. The van der Waals surface area contributed by atoms with E-state index in [-0.39, 0.29) is 11.5 Å². The molecule has 0 atom stereocenters. The second kappa shape index (κ2) is 5.65. The van der Waals surface area contributed by atoms with E-state index in [2.05, 4.69) is 0 Å². The number of aromatic hydroxyl groups is 2. The molecule has 90 valence electrons. The third-order valence-electron chi connectivity index (χ3n) is 2.10. The van der Waals surface area contributed by atoms with E-state index in [1.54, 1.807) is 30.3 Å². The number of phenolic OH excluding ortho intramolecular Hbond substituents is 2. The molecule has 4 heteroatoms. The summed E-state index contributed by atoms with van der Waals surface area (Å²) in [5.41, 5.74) is 12.7. The molecule has 0 heterocycles. The molecule has 0 spiro atoms. The Morgan fingerprint density at radius 2 is 1.53 bits per heavy atom. The van der Waals surface area contributed by atoms with Gasteiger partial charge in [0.2, 0.25) is 0 Å². The highest BCUT2D eigenvalue weighted by Gasteiger charge is 1.92. The molecule has 0 saturated carbocycles. The summed E-state index contributed by atoms with van der Waals surface area (Å²) in [6.07, 6.45) is 0. The number of aryl methyl sites for hydroxylation is 1. The molecular weight excluding hydrogens is 216 g/mol. The van der Waals surface area contributed by atoms with Crippen molar-refractivity contribution in [2.24, 2.45) is 0 Å². The minimum absolute atomic E-state index is 0.213. The molecule has 0 fully saturated rings. The van der Waals surface area contributed by atoms with Gasteiger partial charge in [-0.1, -0.05) is 12.1 Å². The number of phenols is 2. The molecular formula is C13H16N2O2. The fourth-order valence-corrected chi connectivity index (χ4v) is 1.15. The monoisotopic (exact) mass is 232 g/mol. The SMILES string of the molecule is Cc1ccc(N)cc1O.Nc1cccc(O)c1. The van der Waals surface area contributed by atoms with Crippen molar-refractivity contribution in [3.05, 3.63) is 48.0 Å². The number of nitrogens with two attached hydrogens (primary N) is 2. The van der Waals surface area contributed by atoms with Crippen molar-refractivity contribution in [1.82, 2.24) is 0 Å². The maximum Gasteiger partial charge on any atom is 0.120 e. The number of nitrogen functional groups attached to an aromatic ring is 2. The van der Waals surface area contributed by atoms with E-state index >= 15 is 0 Å². The second-order valence-corrected chi connectivity index (χ2v) is 3.64. The zero-order valence-electron chi connectivity index (χ0n) is 9.59. The molecule has 2 aromatic carbocycles. The van der Waals surface area contributed by atoms with Gasteiger partial charge >= 0.3 is 0 Å². The van der Waals surface area contributed by atoms with E-state index in [0.29, 0.717) is 11.4 Å². The Morgan fingerprint density at radius 1 is 0.882 bits per heavy atom. The summed E-state index contributed by atoms with van der Waals surface area (Å²) < 4.78 is 0. The van der Waals surface area contributed by atoms with E-state index in [1.165, 1.54) is 12.1 Å². The standard InChI is InChI=1S/C7H9NO.C6H7NO/c1-5-2-3-6(8)4-7(5)9;7-5-2-1-3-6(8)4-5/h2-4,9H,8H2,1H3;1-4,8H,7H2. The lowest BCUT2D eigenvalue weighted by Crippen LogP contribution is -1.83. The highest BCUT2D eigenvalue weighted by Crippen LogP contribution is 2.17. The molecule has 2 aromatic rings. The van der Waals surface area contributed by atoms with Crippen LogP contribution in [-0.4, -0.2) is 10.2 Å². The molecule has 0 aliphatic carbocycles. The first kappa shape index (κ1) is 12.7. The summed E-state index contributed by atoms with van der Waals surface area (Å²) in [7, 11) is 0. The van der Waals surface area contributed by atoms with Gasteiger partial charge in [-0.05, 0) is 30.7 Å². The summed E-state index contributed by atoms with van der Waals surface area (Å²) in [4.78, 5) is 0. The second-order valence-electron chi connectivity index (χ2n) is 3.64. The lowest BCUT2D eigenvalue weighted by Gasteiger charge is -1.97. The van der Waals surface area contributed by atoms with E-state index in [1.807, 2.05) is 6.92 Å². The maximum absolute atomic E-state index is 9.02. The lowest BCUT2D eigenvalue weighted by molar-refractivity contribution is 0.471. The molecule has 0 amide bonds. The Balaban J connectivity index is 0.000000171. The van der Waals surface area contributed by atoms with Crippen LogP contribution in [0.3, 0.4) is 0 Å². The Kier molecular flexibility index (Phi) is 4.22. The van der Waals surface area contributed by atoms with Crippen LogP contribution in [0.2, 0.25) is 0 Å². The van der Waals surface area contributed by atoms with Crippen LogP contribution in [0, 0.1) is 6.92 Å². The predicted octanol–water partition coefficient (Wildman–Crippen LogP) is 2.26. The molecule has 0 saturated heterocycles. The highest BCUT2D eigenvalue weighted by molar-refractivity contribution is 5.47. The average Bonchev–Trinajstić information content (AvgIpc) is 2.24. The molecule has 0 aliphatic heterocycles. The number of rotatable bonds is 0. The molecule has 0 bridgehead atoms. The van der Waals surface area contributed by atoms with Gasteiger partial charge < -0.3 is 21.7 Å². The van der Waals surface area contributed by atoms with Crippen molar-refractivity contribution in [3.8, 4) is 11.5 Å². The Bertz CT molecular complexity index is 481. The van der Waals surface area contributed by atoms with Crippen LogP contribution in [0.4, 0.5) is 11.4 Å². The van der Waals surface area contributed by atoms with Crippen molar-refractivity contribution >= 4 is 11.4 Å². The fourth-order valence-electron chi connectivity index (χ4n) is 1.15. The first-order valence-electron chi connectivity index (χ1n) is 5.08. The van der Waals surface area contributed by atoms with Gasteiger partial charge in [0.1, 0.15) is 11.5 Å². The molecule has 6 N–H and O–H groups in total. The number of anilines is 2. The molecule has 17 heavy (non-hydrogen) atoms. The van der Waals surface area contributed by atoms with Gasteiger partial charge in [-0.3, -0.25) is 0 Å². The largest absolute Gasteiger partial charge is 0.508 e. The Morgan fingerprint density at radius 3 is 1.94 bits per heavy atom. The van der Waals surface area contributed by atoms with Gasteiger partial charge in [0.15, 0.2) is 0 Å². The van der Waals surface area contributed by atoms with E-state index in [4.69, 9.17) is 21.7 Å². The predicted molar refractivity (Wildman–Crippen MR) is 69.8 cm³/mol. The summed E-state index contributed by atoms with van der Waals surface area (Å²) in [5, 5.41) is 17.8. The number of hydrogen-bond acceptors (Lipinski definition) is 4. The van der Waals surface area contributed by atoms with Crippen molar-refractivity contribution in [2.75, 3.05) is 11.5 Å². The van der Waals surface area contributed by atoms with Gasteiger partial charge in [-0.15, -0.1) is 0 Å². The van der Waals surface area contributed by atoms with Gasteiger partial charge in [-0.25, -0.2) is 0 Å². The molecule has 2 rings (SSSR count). The van der Waals surface area contributed by atoms with Crippen LogP contribution in [-0.2, 0) is 0 Å². The first-order valence-corrected chi connectivity index (χ1v) is 5.08. The average molecular weight is 232 g/mol. The highest BCUT2D eigenvalue weighted by atomic mass is 16.3. The number of hydrogen-bond donors (Lipinski definition) is 4. The van der Waals surface area contributed by atoms with Crippen molar-refractivity contribution in [3.63, 3.8) is 0 Å². The molecule has 0 aromatic heterocycles. The van der Waals surface area contributed by atoms with E-state index < -0.39 is 0 Å². The minimum atomic E-state index is 0.213. The van der Waals surface area contributed by atoms with Crippen molar-refractivity contribution in [2.45, 2.75) is 6.92 Å². The smallest absolute Gasteiger partial charge is 0.120 e. The molecule has 0 radical (unpaired) electrons. The van der Waals surface area contributed by atoms with Crippen molar-refractivity contribution < 1.29 is 10.2 Å². The lowest BCUT2D eigenvalue weighted by atomic mass is 10.2. The van der Waals surface area contributed by atoms with E-state index in [9.17, 15) is 0 Å². The Hall–Kier alpha value is -2.36. The zero-order chi connectivity index (χ0) is 12.8. The van der Waals surface area contributed by atoms with Gasteiger partial charge in [0, 0.05) is 23.5 Å².